The highest BCUT2D eigenvalue weighted by molar-refractivity contribution is 5.89. The Morgan fingerprint density at radius 3 is 2.21 bits per heavy atom. The second-order valence-electron chi connectivity index (χ2n) is 8.53. The highest BCUT2D eigenvalue weighted by Crippen LogP contribution is 2.35. The van der Waals surface area contributed by atoms with Crippen LogP contribution in [-0.4, -0.2) is 6.61 Å². The number of fused-ring (bicyclic) bond motifs is 1. The van der Waals surface area contributed by atoms with Gasteiger partial charge < -0.3 is 4.74 Å². The minimum absolute atomic E-state index is 0.0428. The molecular formula is C27H22F6O. The summed E-state index contributed by atoms with van der Waals surface area (Å²) in [6.07, 6.45) is 5.31. The molecule has 4 rings (SSSR count). The fraction of sp³-hybridized carbons (Fsp3) is 0.333. The predicted molar refractivity (Wildman–Crippen MR) is 118 cm³/mol. The fourth-order valence-corrected chi connectivity index (χ4v) is 4.49. The summed E-state index contributed by atoms with van der Waals surface area (Å²) in [4.78, 5) is 0. The SMILES string of the molecule is CCC1CCC(C#Cc2cc(F)c(-c3ccc4c(F)c(OC(F)F)c(F)cc4c3)c(F)c2)CC1. The maximum atomic E-state index is 14.9. The molecule has 34 heavy (non-hydrogen) atoms. The Morgan fingerprint density at radius 2 is 1.59 bits per heavy atom. The molecule has 0 amide bonds. The van der Waals surface area contributed by atoms with Crippen molar-refractivity contribution < 1.29 is 31.1 Å². The lowest BCUT2D eigenvalue weighted by molar-refractivity contribution is -0.0544. The summed E-state index contributed by atoms with van der Waals surface area (Å²) in [5, 5.41) is -0.277. The number of ether oxygens (including phenoxy) is 1. The van der Waals surface area contributed by atoms with E-state index in [1.165, 1.54) is 12.1 Å². The van der Waals surface area contributed by atoms with Gasteiger partial charge in [-0.1, -0.05) is 37.3 Å². The van der Waals surface area contributed by atoms with Gasteiger partial charge in [0.1, 0.15) is 11.6 Å². The molecule has 1 saturated carbocycles. The van der Waals surface area contributed by atoms with Crippen LogP contribution in [0, 0.1) is 46.9 Å². The van der Waals surface area contributed by atoms with Gasteiger partial charge >= 0.3 is 6.61 Å². The van der Waals surface area contributed by atoms with E-state index in [0.717, 1.165) is 62.3 Å². The van der Waals surface area contributed by atoms with Gasteiger partial charge in [0.05, 0.1) is 5.56 Å². The first-order chi connectivity index (χ1) is 16.3. The second kappa shape index (κ2) is 10.0. The number of hydrogen-bond acceptors (Lipinski definition) is 1. The molecule has 0 bridgehead atoms. The molecule has 0 aliphatic heterocycles. The third kappa shape index (κ3) is 5.01. The van der Waals surface area contributed by atoms with Crippen LogP contribution in [0.2, 0.25) is 0 Å². The first-order valence-electron chi connectivity index (χ1n) is 11.1. The van der Waals surface area contributed by atoms with Crippen LogP contribution in [0.25, 0.3) is 21.9 Å². The molecule has 178 valence electrons. The van der Waals surface area contributed by atoms with E-state index >= 15 is 0 Å². The summed E-state index contributed by atoms with van der Waals surface area (Å²) in [7, 11) is 0. The van der Waals surface area contributed by atoms with E-state index in [9.17, 15) is 26.3 Å². The lowest BCUT2D eigenvalue weighted by Gasteiger charge is -2.24. The van der Waals surface area contributed by atoms with E-state index in [0.29, 0.717) is 0 Å². The molecule has 0 radical (unpaired) electrons. The summed E-state index contributed by atoms with van der Waals surface area (Å²) in [5.74, 6) is 1.32. The lowest BCUT2D eigenvalue weighted by atomic mass is 9.81. The van der Waals surface area contributed by atoms with Crippen LogP contribution < -0.4 is 4.74 Å². The molecule has 1 nitrogen and oxygen atoms in total. The van der Waals surface area contributed by atoms with Gasteiger partial charge in [-0.3, -0.25) is 0 Å². The summed E-state index contributed by atoms with van der Waals surface area (Å²) >= 11 is 0. The van der Waals surface area contributed by atoms with E-state index in [1.807, 2.05) is 0 Å². The molecule has 0 saturated heterocycles. The quantitative estimate of drug-likeness (QED) is 0.272. The van der Waals surface area contributed by atoms with Gasteiger partial charge in [0, 0.05) is 16.9 Å². The third-order valence-electron chi connectivity index (χ3n) is 6.37. The molecule has 7 heteroatoms. The van der Waals surface area contributed by atoms with Crippen molar-refractivity contribution in [1.29, 1.82) is 0 Å². The van der Waals surface area contributed by atoms with E-state index in [-0.39, 0.29) is 33.4 Å². The smallest absolute Gasteiger partial charge is 0.387 e. The topological polar surface area (TPSA) is 9.23 Å². The standard InChI is InChI=1S/C27H22F6O/c1-2-15-3-5-16(6-4-15)7-8-17-11-21(28)24(22(29)12-17)18-9-10-20-19(13-18)14-23(30)26(25(20)31)34-27(32)33/h9-16,27H,2-6H2,1H3. The Kier molecular flexibility index (Phi) is 7.06. The Morgan fingerprint density at radius 1 is 0.912 bits per heavy atom. The zero-order valence-electron chi connectivity index (χ0n) is 18.4. The van der Waals surface area contributed by atoms with Crippen LogP contribution in [0.15, 0.2) is 36.4 Å². The third-order valence-corrected chi connectivity index (χ3v) is 6.37. The molecule has 1 aliphatic carbocycles. The van der Waals surface area contributed by atoms with Crippen molar-refractivity contribution in [1.82, 2.24) is 0 Å². The van der Waals surface area contributed by atoms with Crippen LogP contribution in [-0.2, 0) is 0 Å². The molecule has 0 aromatic heterocycles. The lowest BCUT2D eigenvalue weighted by Crippen LogP contribution is -2.12. The van der Waals surface area contributed by atoms with Crippen molar-refractivity contribution in [2.45, 2.75) is 45.6 Å². The average molecular weight is 476 g/mol. The molecule has 0 unspecified atom stereocenters. The van der Waals surface area contributed by atoms with Crippen molar-refractivity contribution >= 4 is 10.8 Å². The van der Waals surface area contributed by atoms with E-state index in [2.05, 4.69) is 23.5 Å². The summed E-state index contributed by atoms with van der Waals surface area (Å²) < 4.78 is 87.1. The molecule has 3 aromatic rings. The minimum atomic E-state index is -3.41. The van der Waals surface area contributed by atoms with Gasteiger partial charge in [-0.2, -0.15) is 8.78 Å². The molecule has 0 spiro atoms. The van der Waals surface area contributed by atoms with Gasteiger partial charge in [-0.05, 0) is 66.8 Å². The molecule has 3 aromatic carbocycles. The van der Waals surface area contributed by atoms with Gasteiger partial charge in [0.2, 0.25) is 0 Å². The van der Waals surface area contributed by atoms with E-state index in [1.54, 1.807) is 0 Å². The van der Waals surface area contributed by atoms with Crippen LogP contribution in [0.5, 0.6) is 5.75 Å². The monoisotopic (exact) mass is 476 g/mol. The van der Waals surface area contributed by atoms with Gasteiger partial charge in [-0.25, -0.2) is 17.6 Å². The summed E-state index contributed by atoms with van der Waals surface area (Å²) in [5.41, 5.74) is -0.117. The normalized spacial score (nSPS) is 18.1. The highest BCUT2D eigenvalue weighted by Gasteiger charge is 2.21. The summed E-state index contributed by atoms with van der Waals surface area (Å²) in [6.45, 7) is -1.23. The van der Waals surface area contributed by atoms with E-state index < -0.39 is 35.6 Å². The Hall–Kier alpha value is -3.14. The van der Waals surface area contributed by atoms with Gasteiger partial charge in [-0.15, -0.1) is 0 Å². The van der Waals surface area contributed by atoms with Crippen LogP contribution in [0.4, 0.5) is 26.3 Å². The van der Waals surface area contributed by atoms with Crippen LogP contribution in [0.1, 0.15) is 44.6 Å². The van der Waals surface area contributed by atoms with Crippen molar-refractivity contribution in [2.75, 3.05) is 0 Å². The van der Waals surface area contributed by atoms with Crippen molar-refractivity contribution in [3.63, 3.8) is 0 Å². The highest BCUT2D eigenvalue weighted by atomic mass is 19.3. The molecule has 0 heterocycles. The summed E-state index contributed by atoms with van der Waals surface area (Å²) in [6, 6.07) is 6.60. The van der Waals surface area contributed by atoms with Crippen LogP contribution >= 0.6 is 0 Å². The zero-order chi connectivity index (χ0) is 24.4. The van der Waals surface area contributed by atoms with Gasteiger partial charge in [0.25, 0.3) is 0 Å². The molecule has 1 fully saturated rings. The van der Waals surface area contributed by atoms with E-state index in [4.69, 9.17) is 0 Å². The molecule has 1 aliphatic rings. The molecule has 0 atom stereocenters. The first-order valence-corrected chi connectivity index (χ1v) is 11.1. The van der Waals surface area contributed by atoms with Crippen LogP contribution in [0.3, 0.4) is 0 Å². The van der Waals surface area contributed by atoms with Crippen molar-refractivity contribution in [3.05, 3.63) is 65.2 Å². The number of halogens is 6. The first kappa shape index (κ1) is 24.0. The van der Waals surface area contributed by atoms with Crippen molar-refractivity contribution in [2.24, 2.45) is 11.8 Å². The largest absolute Gasteiger partial charge is 0.429 e. The maximum Gasteiger partial charge on any atom is 0.387 e. The Labute approximate surface area is 193 Å². The van der Waals surface area contributed by atoms with Gasteiger partial charge in [0.15, 0.2) is 17.4 Å². The Bertz CT molecular complexity index is 1240. The number of benzene rings is 3. The average Bonchev–Trinajstić information content (AvgIpc) is 2.80. The zero-order valence-corrected chi connectivity index (χ0v) is 18.4. The van der Waals surface area contributed by atoms with Crippen molar-refractivity contribution in [3.8, 4) is 28.7 Å². The minimum Gasteiger partial charge on any atom is -0.429 e. The number of hydrogen-bond donors (Lipinski definition) is 0. The Balaban J connectivity index is 1.63. The number of alkyl halides is 2. The second-order valence-corrected chi connectivity index (χ2v) is 8.53. The molecule has 0 N–H and O–H groups in total. The molecular weight excluding hydrogens is 454 g/mol. The number of rotatable bonds is 4. The maximum absolute atomic E-state index is 14.9. The fourth-order valence-electron chi connectivity index (χ4n) is 4.49. The predicted octanol–water partition coefficient (Wildman–Crippen LogP) is 8.23.